The summed E-state index contributed by atoms with van der Waals surface area (Å²) in [5.74, 6) is 2.44. The molecule has 0 aromatic heterocycles. The summed E-state index contributed by atoms with van der Waals surface area (Å²) in [6.07, 6.45) is 2.32. The Hall–Kier alpha value is -0.260. The maximum atomic E-state index is 2.39. The average Bonchev–Trinajstić information content (AvgIpc) is 2.13. The highest BCUT2D eigenvalue weighted by molar-refractivity contribution is 5.22. The smallest absolute Gasteiger partial charge is 0.0114 e. The van der Waals surface area contributed by atoms with E-state index in [1.54, 1.807) is 5.57 Å². The van der Waals surface area contributed by atoms with Gasteiger partial charge in [-0.25, -0.2) is 0 Å². The molecule has 1 saturated carbocycles. The van der Waals surface area contributed by atoms with Gasteiger partial charge < -0.3 is 0 Å². The van der Waals surface area contributed by atoms with Crippen LogP contribution >= 0.6 is 0 Å². The van der Waals surface area contributed by atoms with Gasteiger partial charge in [-0.15, -0.1) is 0 Å². The summed E-state index contributed by atoms with van der Waals surface area (Å²) in [5, 5.41) is 0. The lowest BCUT2D eigenvalue weighted by Crippen LogP contribution is -2.18. The molecular weight excluding hydrogens is 144 g/mol. The second-order valence-corrected chi connectivity index (χ2v) is 4.90. The fourth-order valence-electron chi connectivity index (χ4n) is 2.86. The molecule has 0 saturated heterocycles. The molecule has 0 N–H and O–H groups in total. The van der Waals surface area contributed by atoms with Gasteiger partial charge in [0.1, 0.15) is 0 Å². The van der Waals surface area contributed by atoms with Crippen molar-refractivity contribution in [1.29, 1.82) is 0 Å². The van der Waals surface area contributed by atoms with E-state index in [1.165, 1.54) is 0 Å². The molecule has 0 bridgehead atoms. The topological polar surface area (TPSA) is 0 Å². The van der Waals surface area contributed by atoms with Crippen molar-refractivity contribution in [3.05, 3.63) is 11.6 Å². The molecule has 0 aromatic rings. The molecule has 3 unspecified atom stereocenters. The predicted molar refractivity (Wildman–Crippen MR) is 55.0 cm³/mol. The first-order valence-electron chi connectivity index (χ1n) is 5.09. The van der Waals surface area contributed by atoms with Crippen molar-refractivity contribution >= 4 is 0 Å². The Morgan fingerprint density at radius 1 is 1.17 bits per heavy atom. The second kappa shape index (κ2) is 2.90. The standard InChI is InChI=1S/C12H22/c1-7-11-9(3)8(2)10(4)12(11,5)6/h7-10H,1-6H3. The fraction of sp³-hybridized carbons (Fsp3) is 0.833. The molecule has 0 spiro atoms. The van der Waals surface area contributed by atoms with Gasteiger partial charge in [-0.05, 0) is 30.1 Å². The van der Waals surface area contributed by atoms with Crippen LogP contribution in [0, 0.1) is 23.2 Å². The quantitative estimate of drug-likeness (QED) is 0.479. The molecule has 0 amide bonds. The molecule has 70 valence electrons. The summed E-state index contributed by atoms with van der Waals surface area (Å²) in [7, 11) is 0. The number of rotatable bonds is 0. The molecule has 3 atom stereocenters. The van der Waals surface area contributed by atoms with Crippen LogP contribution in [0.3, 0.4) is 0 Å². The van der Waals surface area contributed by atoms with Gasteiger partial charge in [0.25, 0.3) is 0 Å². The highest BCUT2D eigenvalue weighted by Gasteiger charge is 2.44. The van der Waals surface area contributed by atoms with E-state index in [0.717, 1.165) is 17.8 Å². The molecule has 0 heterocycles. The fourth-order valence-corrected chi connectivity index (χ4v) is 2.86. The molecule has 1 aliphatic rings. The van der Waals surface area contributed by atoms with Crippen molar-refractivity contribution in [3.63, 3.8) is 0 Å². The van der Waals surface area contributed by atoms with E-state index in [-0.39, 0.29) is 0 Å². The summed E-state index contributed by atoms with van der Waals surface area (Å²) in [4.78, 5) is 0. The Kier molecular flexibility index (Phi) is 2.38. The molecule has 1 rings (SSSR count). The lowest BCUT2D eigenvalue weighted by molar-refractivity contribution is 0.268. The zero-order valence-electron chi connectivity index (χ0n) is 9.31. The van der Waals surface area contributed by atoms with E-state index in [1.807, 2.05) is 0 Å². The number of hydrogen-bond donors (Lipinski definition) is 0. The normalized spacial score (nSPS) is 43.8. The van der Waals surface area contributed by atoms with Crippen LogP contribution in [0.1, 0.15) is 41.5 Å². The van der Waals surface area contributed by atoms with E-state index in [0.29, 0.717) is 5.41 Å². The highest BCUT2D eigenvalue weighted by atomic mass is 14.5. The maximum absolute atomic E-state index is 2.39. The van der Waals surface area contributed by atoms with Gasteiger partial charge in [0.05, 0.1) is 0 Å². The largest absolute Gasteiger partial charge is 0.0876 e. The minimum atomic E-state index is 0.424. The van der Waals surface area contributed by atoms with Crippen molar-refractivity contribution in [2.24, 2.45) is 23.2 Å². The molecule has 0 aliphatic heterocycles. The van der Waals surface area contributed by atoms with Crippen molar-refractivity contribution in [2.75, 3.05) is 0 Å². The minimum Gasteiger partial charge on any atom is -0.0876 e. The molecule has 1 aliphatic carbocycles. The Morgan fingerprint density at radius 2 is 1.67 bits per heavy atom. The van der Waals surface area contributed by atoms with Crippen LogP contribution in [-0.2, 0) is 0 Å². The number of hydrogen-bond acceptors (Lipinski definition) is 0. The van der Waals surface area contributed by atoms with Crippen molar-refractivity contribution < 1.29 is 0 Å². The Balaban J connectivity index is 3.05. The summed E-state index contributed by atoms with van der Waals surface area (Å²) < 4.78 is 0. The first kappa shape index (κ1) is 9.83. The Bertz CT molecular complexity index is 198. The van der Waals surface area contributed by atoms with Crippen molar-refractivity contribution in [2.45, 2.75) is 41.5 Å². The second-order valence-electron chi connectivity index (χ2n) is 4.90. The van der Waals surface area contributed by atoms with Gasteiger partial charge in [0.2, 0.25) is 0 Å². The van der Waals surface area contributed by atoms with Gasteiger partial charge in [-0.3, -0.25) is 0 Å². The van der Waals surface area contributed by atoms with Gasteiger partial charge >= 0.3 is 0 Å². The minimum absolute atomic E-state index is 0.424. The molecule has 1 fully saturated rings. The van der Waals surface area contributed by atoms with E-state index < -0.39 is 0 Å². The molecular formula is C12H22. The monoisotopic (exact) mass is 166 g/mol. The number of allylic oxidation sites excluding steroid dienone is 2. The van der Waals surface area contributed by atoms with Crippen molar-refractivity contribution in [3.8, 4) is 0 Å². The van der Waals surface area contributed by atoms with Gasteiger partial charge in [0, 0.05) is 0 Å². The first-order chi connectivity index (χ1) is 5.42. The third kappa shape index (κ3) is 1.12. The first-order valence-corrected chi connectivity index (χ1v) is 5.09. The lowest BCUT2D eigenvalue weighted by Gasteiger charge is -2.27. The van der Waals surface area contributed by atoms with E-state index in [2.05, 4.69) is 47.6 Å². The van der Waals surface area contributed by atoms with Crippen LogP contribution in [-0.4, -0.2) is 0 Å². The SMILES string of the molecule is CC=C1C(C)C(C)C(C)C1(C)C. The summed E-state index contributed by atoms with van der Waals surface area (Å²) in [6, 6.07) is 0. The average molecular weight is 166 g/mol. The lowest BCUT2D eigenvalue weighted by atomic mass is 9.78. The third-order valence-corrected chi connectivity index (χ3v) is 4.26. The van der Waals surface area contributed by atoms with Crippen LogP contribution in [0.4, 0.5) is 0 Å². The van der Waals surface area contributed by atoms with Crippen LogP contribution in [0.15, 0.2) is 11.6 Å². The Morgan fingerprint density at radius 3 is 1.83 bits per heavy atom. The van der Waals surface area contributed by atoms with Crippen LogP contribution in [0.2, 0.25) is 0 Å². The maximum Gasteiger partial charge on any atom is -0.0114 e. The van der Waals surface area contributed by atoms with E-state index in [9.17, 15) is 0 Å². The summed E-state index contributed by atoms with van der Waals surface area (Å²) >= 11 is 0. The molecule has 0 aromatic carbocycles. The third-order valence-electron chi connectivity index (χ3n) is 4.26. The molecule has 0 heteroatoms. The molecule has 12 heavy (non-hydrogen) atoms. The van der Waals surface area contributed by atoms with E-state index in [4.69, 9.17) is 0 Å². The van der Waals surface area contributed by atoms with Crippen LogP contribution in [0.25, 0.3) is 0 Å². The van der Waals surface area contributed by atoms with Gasteiger partial charge in [0.15, 0.2) is 0 Å². The zero-order valence-corrected chi connectivity index (χ0v) is 9.31. The zero-order chi connectivity index (χ0) is 9.52. The van der Waals surface area contributed by atoms with Gasteiger partial charge in [-0.1, -0.05) is 46.3 Å². The van der Waals surface area contributed by atoms with E-state index >= 15 is 0 Å². The highest BCUT2D eigenvalue weighted by Crippen LogP contribution is 2.53. The Labute approximate surface area is 77.1 Å². The summed E-state index contributed by atoms with van der Waals surface area (Å²) in [5.41, 5.74) is 2.08. The summed E-state index contributed by atoms with van der Waals surface area (Å²) in [6.45, 7) is 14.1. The van der Waals surface area contributed by atoms with Crippen molar-refractivity contribution in [1.82, 2.24) is 0 Å². The van der Waals surface area contributed by atoms with Crippen LogP contribution < -0.4 is 0 Å². The predicted octanol–water partition coefficient (Wildman–Crippen LogP) is 3.88. The van der Waals surface area contributed by atoms with Crippen LogP contribution in [0.5, 0.6) is 0 Å². The molecule has 0 radical (unpaired) electrons. The van der Waals surface area contributed by atoms with Gasteiger partial charge in [-0.2, -0.15) is 0 Å². The molecule has 0 nitrogen and oxygen atoms in total.